The number of hydrogen-bond donors (Lipinski definition) is 1. The Morgan fingerprint density at radius 2 is 1.84 bits per heavy atom. The summed E-state index contributed by atoms with van der Waals surface area (Å²) in [4.78, 5) is 6.78. The van der Waals surface area contributed by atoms with Crippen LogP contribution in [-0.4, -0.2) is 12.0 Å². The van der Waals surface area contributed by atoms with Crippen LogP contribution in [0.3, 0.4) is 0 Å². The number of nitrogen functional groups attached to an aromatic ring is 1. The summed E-state index contributed by atoms with van der Waals surface area (Å²) in [5.41, 5.74) is 8.90. The van der Waals surface area contributed by atoms with Crippen molar-refractivity contribution >= 4 is 32.9 Å². The van der Waals surface area contributed by atoms with Gasteiger partial charge in [0.25, 0.3) is 0 Å². The van der Waals surface area contributed by atoms with E-state index in [0.29, 0.717) is 0 Å². The molecule has 4 heteroatoms. The molecule has 1 aromatic heterocycles. The molecule has 0 unspecified atom stereocenters. The van der Waals surface area contributed by atoms with Gasteiger partial charge >= 0.3 is 0 Å². The third-order valence-corrected chi connectivity index (χ3v) is 4.08. The summed E-state index contributed by atoms with van der Waals surface area (Å²) in [6.45, 7) is 0.771. The lowest BCUT2D eigenvalue weighted by molar-refractivity contribution is 0.916. The maximum atomic E-state index is 5.99. The number of para-hydroxylation sites is 3. The molecule has 0 saturated carbocycles. The summed E-state index contributed by atoms with van der Waals surface area (Å²) in [7, 11) is 2.04. The molecule has 0 spiro atoms. The number of nitrogens with zero attached hydrogens (tertiary/aromatic N) is 2. The number of anilines is 2. The molecule has 3 nitrogen and oxygen atoms in total. The molecule has 0 bridgehead atoms. The SMILES string of the molecule is CN(Cc1nc2ccccc2s1)c1ccccc1N. The predicted molar refractivity (Wildman–Crippen MR) is 82.6 cm³/mol. The molecule has 1 heterocycles. The van der Waals surface area contributed by atoms with Crippen LogP contribution >= 0.6 is 11.3 Å². The Labute approximate surface area is 116 Å². The lowest BCUT2D eigenvalue weighted by Gasteiger charge is -2.19. The van der Waals surface area contributed by atoms with Crippen LogP contribution in [0.5, 0.6) is 0 Å². The van der Waals surface area contributed by atoms with Crippen molar-refractivity contribution in [1.29, 1.82) is 0 Å². The van der Waals surface area contributed by atoms with Gasteiger partial charge in [0.15, 0.2) is 0 Å². The fourth-order valence-electron chi connectivity index (χ4n) is 2.11. The monoisotopic (exact) mass is 269 g/mol. The van der Waals surface area contributed by atoms with Gasteiger partial charge in [-0.25, -0.2) is 4.98 Å². The second-order valence-corrected chi connectivity index (χ2v) is 5.61. The third-order valence-electron chi connectivity index (χ3n) is 3.06. The standard InChI is InChI=1S/C15H15N3S/c1-18(13-8-4-2-6-11(13)16)10-15-17-12-7-3-5-9-14(12)19-15/h2-9H,10,16H2,1H3. The van der Waals surface area contributed by atoms with Gasteiger partial charge in [0.1, 0.15) is 5.01 Å². The van der Waals surface area contributed by atoms with E-state index in [9.17, 15) is 0 Å². The molecule has 19 heavy (non-hydrogen) atoms. The number of hydrogen-bond acceptors (Lipinski definition) is 4. The summed E-state index contributed by atoms with van der Waals surface area (Å²) in [5, 5.41) is 1.10. The Morgan fingerprint density at radius 3 is 2.63 bits per heavy atom. The van der Waals surface area contributed by atoms with E-state index in [2.05, 4.69) is 16.0 Å². The summed E-state index contributed by atoms with van der Waals surface area (Å²) in [6, 6.07) is 16.1. The largest absolute Gasteiger partial charge is 0.397 e. The number of benzene rings is 2. The topological polar surface area (TPSA) is 42.2 Å². The van der Waals surface area contributed by atoms with Gasteiger partial charge in [0.2, 0.25) is 0 Å². The van der Waals surface area contributed by atoms with Crippen LogP contribution in [0.4, 0.5) is 11.4 Å². The molecule has 2 N–H and O–H groups in total. The molecule has 0 aliphatic rings. The summed E-state index contributed by atoms with van der Waals surface area (Å²) in [5.74, 6) is 0. The third kappa shape index (κ3) is 2.39. The Morgan fingerprint density at radius 1 is 1.11 bits per heavy atom. The lowest BCUT2D eigenvalue weighted by Crippen LogP contribution is -2.17. The van der Waals surface area contributed by atoms with Crippen molar-refractivity contribution in [3.05, 3.63) is 53.5 Å². The van der Waals surface area contributed by atoms with E-state index in [1.165, 1.54) is 4.70 Å². The van der Waals surface area contributed by atoms with Gasteiger partial charge in [0, 0.05) is 7.05 Å². The first-order valence-corrected chi connectivity index (χ1v) is 6.96. The highest BCUT2D eigenvalue weighted by atomic mass is 32.1. The number of fused-ring (bicyclic) bond motifs is 1. The highest BCUT2D eigenvalue weighted by Crippen LogP contribution is 2.26. The average molecular weight is 269 g/mol. The molecule has 0 aliphatic carbocycles. The molecule has 3 aromatic rings. The molecule has 96 valence electrons. The first-order valence-electron chi connectivity index (χ1n) is 6.14. The lowest BCUT2D eigenvalue weighted by atomic mass is 10.2. The van der Waals surface area contributed by atoms with Crippen LogP contribution in [0.2, 0.25) is 0 Å². The predicted octanol–water partition coefficient (Wildman–Crippen LogP) is 3.51. The fourth-order valence-corrected chi connectivity index (χ4v) is 3.13. The fraction of sp³-hybridized carbons (Fsp3) is 0.133. The molecule has 2 aromatic carbocycles. The first-order chi connectivity index (χ1) is 9.24. The van der Waals surface area contributed by atoms with E-state index < -0.39 is 0 Å². The number of thiazole rings is 1. The Bertz CT molecular complexity index is 672. The van der Waals surface area contributed by atoms with Crippen LogP contribution in [0, 0.1) is 0 Å². The van der Waals surface area contributed by atoms with E-state index in [4.69, 9.17) is 5.73 Å². The number of rotatable bonds is 3. The van der Waals surface area contributed by atoms with Crippen molar-refractivity contribution in [2.45, 2.75) is 6.54 Å². The van der Waals surface area contributed by atoms with E-state index in [0.717, 1.165) is 28.4 Å². The van der Waals surface area contributed by atoms with E-state index >= 15 is 0 Å². The molecule has 0 radical (unpaired) electrons. The van der Waals surface area contributed by atoms with Gasteiger partial charge in [0.05, 0.1) is 28.1 Å². The zero-order valence-corrected chi connectivity index (χ0v) is 11.5. The molecular weight excluding hydrogens is 254 g/mol. The van der Waals surface area contributed by atoms with Gasteiger partial charge in [-0.05, 0) is 24.3 Å². The number of nitrogens with two attached hydrogens (primary N) is 1. The maximum Gasteiger partial charge on any atom is 0.113 e. The van der Waals surface area contributed by atoms with Crippen molar-refractivity contribution < 1.29 is 0 Å². The van der Waals surface area contributed by atoms with Gasteiger partial charge in [-0.3, -0.25) is 0 Å². The minimum Gasteiger partial charge on any atom is -0.397 e. The van der Waals surface area contributed by atoms with E-state index in [-0.39, 0.29) is 0 Å². The van der Waals surface area contributed by atoms with E-state index in [1.807, 2.05) is 49.5 Å². The van der Waals surface area contributed by atoms with Crippen molar-refractivity contribution in [3.8, 4) is 0 Å². The second kappa shape index (κ2) is 4.90. The van der Waals surface area contributed by atoms with Crippen LogP contribution in [-0.2, 0) is 6.54 Å². The number of aromatic nitrogens is 1. The van der Waals surface area contributed by atoms with Gasteiger partial charge in [-0.1, -0.05) is 24.3 Å². The zero-order valence-electron chi connectivity index (χ0n) is 10.7. The molecule has 0 aliphatic heterocycles. The second-order valence-electron chi connectivity index (χ2n) is 4.49. The molecular formula is C15H15N3S. The normalized spacial score (nSPS) is 10.8. The van der Waals surface area contributed by atoms with Gasteiger partial charge < -0.3 is 10.6 Å². The van der Waals surface area contributed by atoms with Crippen molar-refractivity contribution in [2.24, 2.45) is 0 Å². The van der Waals surface area contributed by atoms with Gasteiger partial charge in [-0.2, -0.15) is 0 Å². The Kier molecular flexibility index (Phi) is 3.09. The average Bonchev–Trinajstić information content (AvgIpc) is 2.81. The highest BCUT2D eigenvalue weighted by Gasteiger charge is 2.08. The maximum absolute atomic E-state index is 5.99. The first kappa shape index (κ1) is 12.0. The molecule has 0 saturated heterocycles. The summed E-state index contributed by atoms with van der Waals surface area (Å²) < 4.78 is 1.23. The van der Waals surface area contributed by atoms with Crippen LogP contribution in [0.25, 0.3) is 10.2 Å². The van der Waals surface area contributed by atoms with Crippen LogP contribution in [0.15, 0.2) is 48.5 Å². The summed E-state index contributed by atoms with van der Waals surface area (Å²) >= 11 is 1.73. The van der Waals surface area contributed by atoms with E-state index in [1.54, 1.807) is 11.3 Å². The van der Waals surface area contributed by atoms with Crippen LogP contribution < -0.4 is 10.6 Å². The minimum atomic E-state index is 0.771. The smallest absolute Gasteiger partial charge is 0.113 e. The van der Waals surface area contributed by atoms with Crippen molar-refractivity contribution in [3.63, 3.8) is 0 Å². The Hall–Kier alpha value is -2.07. The van der Waals surface area contributed by atoms with Crippen molar-refractivity contribution in [2.75, 3.05) is 17.7 Å². The van der Waals surface area contributed by atoms with Crippen LogP contribution in [0.1, 0.15) is 5.01 Å². The highest BCUT2D eigenvalue weighted by molar-refractivity contribution is 7.18. The summed E-state index contributed by atoms with van der Waals surface area (Å²) in [6.07, 6.45) is 0. The minimum absolute atomic E-state index is 0.771. The zero-order chi connectivity index (χ0) is 13.2. The Balaban J connectivity index is 1.86. The molecule has 3 rings (SSSR count). The molecule has 0 atom stereocenters. The quantitative estimate of drug-likeness (QED) is 0.740. The van der Waals surface area contributed by atoms with Gasteiger partial charge in [-0.15, -0.1) is 11.3 Å². The molecule has 0 amide bonds. The van der Waals surface area contributed by atoms with Crippen molar-refractivity contribution in [1.82, 2.24) is 4.98 Å². The molecule has 0 fully saturated rings.